The van der Waals surface area contributed by atoms with E-state index < -0.39 is 0 Å². The number of hydrogen-bond acceptors (Lipinski definition) is 6. The fourth-order valence-electron chi connectivity index (χ4n) is 2.39. The van der Waals surface area contributed by atoms with Crippen molar-refractivity contribution in [1.82, 2.24) is 15.1 Å². The molecule has 19 heavy (non-hydrogen) atoms. The molecule has 1 unspecified atom stereocenters. The fraction of sp³-hybridized carbons (Fsp3) is 0.417. The highest BCUT2D eigenvalue weighted by Crippen LogP contribution is 2.33. The van der Waals surface area contributed by atoms with Crippen LogP contribution in [0.15, 0.2) is 12.3 Å². The summed E-state index contributed by atoms with van der Waals surface area (Å²) in [5, 5.41) is 8.62. The summed E-state index contributed by atoms with van der Waals surface area (Å²) in [4.78, 5) is 15.6. The lowest BCUT2D eigenvalue weighted by molar-refractivity contribution is 0.0793. The van der Waals surface area contributed by atoms with E-state index in [2.05, 4.69) is 10.2 Å². The summed E-state index contributed by atoms with van der Waals surface area (Å²) in [6.07, 6.45) is 2.55. The van der Waals surface area contributed by atoms with E-state index in [0.717, 1.165) is 18.4 Å². The number of carbonyl (C=O) groups is 1. The minimum atomic E-state index is -0.0172. The Balaban J connectivity index is 1.92. The molecular weight excluding hydrogens is 262 g/mol. The number of fused-ring (bicyclic) bond motifs is 1. The average Bonchev–Trinajstić information content (AvgIpc) is 3.04. The lowest BCUT2D eigenvalue weighted by atomic mass is 10.1. The standard InChI is InChI=1S/C12H15N5OS/c13-5-7-2-4-17(6-7)12(18)10-9(14)8-1-3-15-16-11(8)19-10/h1,3,7H,2,4-6,13-14H2. The van der Waals surface area contributed by atoms with Gasteiger partial charge in [-0.1, -0.05) is 0 Å². The molecule has 0 radical (unpaired) electrons. The molecule has 1 aliphatic heterocycles. The minimum absolute atomic E-state index is 0.0172. The number of hydrogen-bond donors (Lipinski definition) is 2. The highest BCUT2D eigenvalue weighted by molar-refractivity contribution is 7.21. The molecule has 0 spiro atoms. The molecule has 0 aliphatic carbocycles. The summed E-state index contributed by atoms with van der Waals surface area (Å²) >= 11 is 1.31. The molecule has 1 saturated heterocycles. The normalized spacial score (nSPS) is 19.2. The smallest absolute Gasteiger partial charge is 0.266 e. The third-order valence-corrected chi connectivity index (χ3v) is 4.61. The summed E-state index contributed by atoms with van der Waals surface area (Å²) in [5.74, 6) is 0.385. The van der Waals surface area contributed by atoms with Gasteiger partial charge in [0, 0.05) is 18.5 Å². The molecule has 6 nitrogen and oxygen atoms in total. The highest BCUT2D eigenvalue weighted by atomic mass is 32.1. The molecule has 0 saturated carbocycles. The molecule has 3 rings (SSSR count). The first-order valence-corrected chi connectivity index (χ1v) is 7.01. The van der Waals surface area contributed by atoms with Gasteiger partial charge in [0.2, 0.25) is 0 Å². The second-order valence-electron chi connectivity index (χ2n) is 4.74. The topological polar surface area (TPSA) is 98.1 Å². The van der Waals surface area contributed by atoms with Crippen LogP contribution in [0.25, 0.3) is 10.2 Å². The van der Waals surface area contributed by atoms with Gasteiger partial charge in [0.15, 0.2) is 0 Å². The molecule has 1 fully saturated rings. The molecule has 1 atom stereocenters. The molecule has 1 aliphatic rings. The monoisotopic (exact) mass is 277 g/mol. The molecule has 0 aromatic carbocycles. The summed E-state index contributed by atoms with van der Waals surface area (Å²) < 4.78 is 0. The zero-order chi connectivity index (χ0) is 13.4. The van der Waals surface area contributed by atoms with Crippen molar-refractivity contribution in [3.05, 3.63) is 17.1 Å². The number of amides is 1. The van der Waals surface area contributed by atoms with Gasteiger partial charge < -0.3 is 16.4 Å². The summed E-state index contributed by atoms with van der Waals surface area (Å²) in [6, 6.07) is 1.79. The zero-order valence-electron chi connectivity index (χ0n) is 10.4. The first-order valence-electron chi connectivity index (χ1n) is 6.19. The Morgan fingerprint density at radius 2 is 2.42 bits per heavy atom. The van der Waals surface area contributed by atoms with Gasteiger partial charge in [-0.3, -0.25) is 4.79 Å². The lowest BCUT2D eigenvalue weighted by Gasteiger charge is -2.15. The Bertz CT molecular complexity index is 626. The van der Waals surface area contributed by atoms with E-state index in [4.69, 9.17) is 11.5 Å². The van der Waals surface area contributed by atoms with Crippen LogP contribution in [0.2, 0.25) is 0 Å². The molecule has 1 amide bonds. The number of likely N-dealkylation sites (tertiary alicyclic amines) is 1. The maximum atomic E-state index is 12.5. The summed E-state index contributed by atoms with van der Waals surface area (Å²) in [6.45, 7) is 2.09. The largest absolute Gasteiger partial charge is 0.397 e. The number of anilines is 1. The Hall–Kier alpha value is -1.73. The second-order valence-corrected chi connectivity index (χ2v) is 5.74. The third-order valence-electron chi connectivity index (χ3n) is 3.52. The first-order chi connectivity index (χ1) is 9.20. The predicted octanol–water partition coefficient (Wildman–Crippen LogP) is 0.694. The number of nitrogens with zero attached hydrogens (tertiary/aromatic N) is 3. The van der Waals surface area contributed by atoms with Gasteiger partial charge in [0.25, 0.3) is 5.91 Å². The number of thiophene rings is 1. The van der Waals surface area contributed by atoms with Crippen LogP contribution in [0.1, 0.15) is 16.1 Å². The number of aromatic nitrogens is 2. The number of nitrogen functional groups attached to an aromatic ring is 1. The van der Waals surface area contributed by atoms with E-state index in [-0.39, 0.29) is 5.91 Å². The van der Waals surface area contributed by atoms with Crippen molar-refractivity contribution in [3.63, 3.8) is 0 Å². The number of carbonyl (C=O) groups excluding carboxylic acids is 1. The maximum Gasteiger partial charge on any atom is 0.266 e. The molecule has 2 aromatic heterocycles. The molecule has 7 heteroatoms. The Morgan fingerprint density at radius 3 is 3.11 bits per heavy atom. The van der Waals surface area contributed by atoms with Crippen LogP contribution in [-0.2, 0) is 0 Å². The molecule has 2 aromatic rings. The Kier molecular flexibility index (Phi) is 3.08. The van der Waals surface area contributed by atoms with E-state index in [0.29, 0.717) is 34.4 Å². The van der Waals surface area contributed by atoms with Gasteiger partial charge >= 0.3 is 0 Å². The molecule has 4 N–H and O–H groups in total. The molecular formula is C12H15N5OS. The van der Waals surface area contributed by atoms with E-state index in [1.807, 2.05) is 4.90 Å². The van der Waals surface area contributed by atoms with Gasteiger partial charge in [-0.25, -0.2) is 0 Å². The third kappa shape index (κ3) is 2.04. The van der Waals surface area contributed by atoms with Crippen molar-refractivity contribution in [2.45, 2.75) is 6.42 Å². The molecule has 0 bridgehead atoms. The quantitative estimate of drug-likeness (QED) is 0.841. The average molecular weight is 277 g/mol. The van der Waals surface area contributed by atoms with Crippen LogP contribution in [0.4, 0.5) is 5.69 Å². The van der Waals surface area contributed by atoms with Crippen LogP contribution < -0.4 is 11.5 Å². The predicted molar refractivity (Wildman–Crippen MR) is 74.9 cm³/mol. The van der Waals surface area contributed by atoms with Crippen LogP contribution >= 0.6 is 11.3 Å². The SMILES string of the molecule is NCC1CCN(C(=O)c2sc3nnccc3c2N)C1. The van der Waals surface area contributed by atoms with E-state index in [1.54, 1.807) is 12.3 Å². The van der Waals surface area contributed by atoms with Gasteiger partial charge in [-0.15, -0.1) is 16.4 Å². The van der Waals surface area contributed by atoms with Crippen molar-refractivity contribution in [2.75, 3.05) is 25.4 Å². The maximum absolute atomic E-state index is 12.5. The number of nitrogens with two attached hydrogens (primary N) is 2. The van der Waals surface area contributed by atoms with Crippen molar-refractivity contribution < 1.29 is 4.79 Å². The van der Waals surface area contributed by atoms with Crippen LogP contribution in [0.5, 0.6) is 0 Å². The van der Waals surface area contributed by atoms with Crippen molar-refractivity contribution >= 4 is 33.1 Å². The van der Waals surface area contributed by atoms with Gasteiger partial charge in [-0.2, -0.15) is 5.10 Å². The van der Waals surface area contributed by atoms with Gasteiger partial charge in [0.1, 0.15) is 9.71 Å². The van der Waals surface area contributed by atoms with Crippen LogP contribution in [-0.4, -0.2) is 40.6 Å². The lowest BCUT2D eigenvalue weighted by Crippen LogP contribution is -2.29. The first kappa shape index (κ1) is 12.3. The molecule has 100 valence electrons. The second kappa shape index (κ2) is 4.75. The van der Waals surface area contributed by atoms with E-state index in [9.17, 15) is 4.79 Å². The van der Waals surface area contributed by atoms with E-state index in [1.165, 1.54) is 11.3 Å². The minimum Gasteiger partial charge on any atom is -0.397 e. The molecule has 3 heterocycles. The summed E-state index contributed by atoms with van der Waals surface area (Å²) in [7, 11) is 0. The van der Waals surface area contributed by atoms with Gasteiger partial charge in [-0.05, 0) is 24.9 Å². The summed E-state index contributed by atoms with van der Waals surface area (Å²) in [5.41, 5.74) is 12.2. The van der Waals surface area contributed by atoms with E-state index >= 15 is 0 Å². The van der Waals surface area contributed by atoms with Gasteiger partial charge in [0.05, 0.1) is 11.9 Å². The Labute approximate surface area is 114 Å². The number of rotatable bonds is 2. The van der Waals surface area contributed by atoms with Crippen molar-refractivity contribution in [2.24, 2.45) is 11.7 Å². The van der Waals surface area contributed by atoms with Crippen molar-refractivity contribution in [1.29, 1.82) is 0 Å². The highest BCUT2D eigenvalue weighted by Gasteiger charge is 2.28. The fourth-order valence-corrected chi connectivity index (χ4v) is 3.39. The van der Waals surface area contributed by atoms with Crippen LogP contribution in [0, 0.1) is 5.92 Å². The van der Waals surface area contributed by atoms with Crippen LogP contribution in [0.3, 0.4) is 0 Å². The van der Waals surface area contributed by atoms with Crippen molar-refractivity contribution in [3.8, 4) is 0 Å². The Morgan fingerprint density at radius 1 is 1.58 bits per heavy atom. The zero-order valence-corrected chi connectivity index (χ0v) is 11.2.